The van der Waals surface area contributed by atoms with Crippen LogP contribution in [0.3, 0.4) is 0 Å². The maximum Gasteiger partial charge on any atom is 0.224 e. The van der Waals surface area contributed by atoms with Crippen molar-refractivity contribution in [2.45, 2.75) is 19.0 Å². The van der Waals surface area contributed by atoms with E-state index in [2.05, 4.69) is 5.32 Å². The van der Waals surface area contributed by atoms with E-state index in [-0.39, 0.29) is 11.9 Å². The third kappa shape index (κ3) is 4.21. The van der Waals surface area contributed by atoms with Crippen LogP contribution in [0.5, 0.6) is 5.75 Å². The fourth-order valence-corrected chi connectivity index (χ4v) is 2.25. The van der Waals surface area contributed by atoms with Crippen molar-refractivity contribution in [3.05, 3.63) is 29.8 Å². The van der Waals surface area contributed by atoms with Crippen molar-refractivity contribution >= 4 is 5.91 Å². The summed E-state index contributed by atoms with van der Waals surface area (Å²) in [5.74, 6) is 0.932. The molecule has 0 radical (unpaired) electrons. The van der Waals surface area contributed by atoms with Crippen molar-refractivity contribution in [3.63, 3.8) is 0 Å². The summed E-state index contributed by atoms with van der Waals surface area (Å²) < 4.78 is 10.5. The quantitative estimate of drug-likeness (QED) is 0.874. The van der Waals surface area contributed by atoms with Crippen molar-refractivity contribution in [3.8, 4) is 5.75 Å². The van der Waals surface area contributed by atoms with Crippen LogP contribution in [0.4, 0.5) is 0 Å². The second-order valence-corrected chi connectivity index (χ2v) is 5.03. The molecule has 1 atom stereocenters. The molecule has 1 fully saturated rings. The Labute approximate surface area is 119 Å². The highest BCUT2D eigenvalue weighted by Gasteiger charge is 2.19. The Kier molecular flexibility index (Phi) is 5.38. The maximum absolute atomic E-state index is 12.2. The van der Waals surface area contributed by atoms with Crippen LogP contribution < -0.4 is 10.1 Å². The van der Waals surface area contributed by atoms with Gasteiger partial charge < -0.3 is 19.7 Å². The molecule has 1 aromatic rings. The second kappa shape index (κ2) is 7.26. The van der Waals surface area contributed by atoms with Crippen LogP contribution in [0, 0.1) is 0 Å². The topological polar surface area (TPSA) is 50.8 Å². The fraction of sp³-hybridized carbons (Fsp3) is 0.533. The molecule has 1 aliphatic rings. The maximum atomic E-state index is 12.2. The van der Waals surface area contributed by atoms with E-state index in [0.717, 1.165) is 24.5 Å². The highest BCUT2D eigenvalue weighted by Crippen LogP contribution is 2.14. The Morgan fingerprint density at radius 3 is 3.10 bits per heavy atom. The summed E-state index contributed by atoms with van der Waals surface area (Å²) in [6, 6.07) is 7.90. The standard InChI is InChI=1S/C15H22N2O3/c1-17(10-12-4-3-5-14(8-12)19-2)15(18)9-13-11-20-7-6-16-13/h3-5,8,13,16H,6-7,9-11H2,1-2H3. The zero-order valence-electron chi connectivity index (χ0n) is 12.1. The molecule has 0 saturated carbocycles. The first-order valence-corrected chi connectivity index (χ1v) is 6.87. The van der Waals surface area contributed by atoms with Crippen LogP contribution in [-0.2, 0) is 16.1 Å². The van der Waals surface area contributed by atoms with Crippen LogP contribution in [0.1, 0.15) is 12.0 Å². The smallest absolute Gasteiger partial charge is 0.224 e. The van der Waals surface area contributed by atoms with Gasteiger partial charge in [-0.05, 0) is 17.7 Å². The average Bonchev–Trinajstić information content (AvgIpc) is 2.48. The number of rotatable bonds is 5. The molecule has 1 saturated heterocycles. The molecule has 20 heavy (non-hydrogen) atoms. The molecule has 1 unspecified atom stereocenters. The number of methoxy groups -OCH3 is 1. The molecule has 0 aliphatic carbocycles. The van der Waals surface area contributed by atoms with Gasteiger partial charge in [0.1, 0.15) is 5.75 Å². The summed E-state index contributed by atoms with van der Waals surface area (Å²) in [7, 11) is 3.47. The first-order valence-electron chi connectivity index (χ1n) is 6.87. The van der Waals surface area contributed by atoms with Crippen LogP contribution in [-0.4, -0.2) is 50.8 Å². The van der Waals surface area contributed by atoms with Crippen LogP contribution in [0.25, 0.3) is 0 Å². The van der Waals surface area contributed by atoms with Gasteiger partial charge in [0.25, 0.3) is 0 Å². The van der Waals surface area contributed by atoms with Gasteiger partial charge in [-0.25, -0.2) is 0 Å². The molecule has 5 nitrogen and oxygen atoms in total. The Morgan fingerprint density at radius 2 is 2.40 bits per heavy atom. The first kappa shape index (κ1) is 14.8. The van der Waals surface area contributed by atoms with Gasteiger partial charge in [0, 0.05) is 32.6 Å². The fourth-order valence-electron chi connectivity index (χ4n) is 2.25. The van der Waals surface area contributed by atoms with E-state index in [9.17, 15) is 4.79 Å². The predicted octanol–water partition coefficient (Wildman–Crippen LogP) is 1.03. The molecule has 0 bridgehead atoms. The summed E-state index contributed by atoms with van der Waals surface area (Å²) >= 11 is 0. The molecular weight excluding hydrogens is 256 g/mol. The summed E-state index contributed by atoms with van der Waals surface area (Å²) in [6.07, 6.45) is 0.473. The summed E-state index contributed by atoms with van der Waals surface area (Å²) in [5, 5.41) is 3.29. The highest BCUT2D eigenvalue weighted by atomic mass is 16.5. The van der Waals surface area contributed by atoms with Crippen LogP contribution in [0.2, 0.25) is 0 Å². The van der Waals surface area contributed by atoms with Crippen molar-refractivity contribution in [2.24, 2.45) is 0 Å². The van der Waals surface area contributed by atoms with Gasteiger partial charge in [-0.3, -0.25) is 4.79 Å². The zero-order chi connectivity index (χ0) is 14.4. The number of carbonyl (C=O) groups is 1. The lowest BCUT2D eigenvalue weighted by Crippen LogP contribution is -2.44. The summed E-state index contributed by atoms with van der Waals surface area (Å²) in [6.45, 7) is 2.74. The minimum absolute atomic E-state index is 0.121. The average molecular weight is 278 g/mol. The number of amides is 1. The van der Waals surface area contributed by atoms with Gasteiger partial charge in [0.15, 0.2) is 0 Å². The Bertz CT molecular complexity index is 444. The minimum Gasteiger partial charge on any atom is -0.497 e. The van der Waals surface area contributed by atoms with Crippen molar-refractivity contribution in [1.29, 1.82) is 0 Å². The molecule has 2 rings (SSSR count). The largest absolute Gasteiger partial charge is 0.497 e. The van der Waals surface area contributed by atoms with Crippen molar-refractivity contribution in [2.75, 3.05) is 33.9 Å². The molecule has 1 N–H and O–H groups in total. The molecule has 1 amide bonds. The lowest BCUT2D eigenvalue weighted by molar-refractivity contribution is -0.131. The summed E-state index contributed by atoms with van der Waals surface area (Å²) in [4.78, 5) is 13.9. The number of nitrogens with zero attached hydrogens (tertiary/aromatic N) is 1. The van der Waals surface area contributed by atoms with Gasteiger partial charge in [0.2, 0.25) is 5.91 Å². The van der Waals surface area contributed by atoms with E-state index < -0.39 is 0 Å². The van der Waals surface area contributed by atoms with E-state index in [1.165, 1.54) is 0 Å². The Morgan fingerprint density at radius 1 is 1.55 bits per heavy atom. The number of hydrogen-bond acceptors (Lipinski definition) is 4. The van der Waals surface area contributed by atoms with E-state index in [0.29, 0.717) is 19.6 Å². The molecule has 0 spiro atoms. The SMILES string of the molecule is COc1cccc(CN(C)C(=O)CC2COCCN2)c1. The molecule has 1 heterocycles. The van der Waals surface area contributed by atoms with E-state index in [4.69, 9.17) is 9.47 Å². The van der Waals surface area contributed by atoms with Gasteiger partial charge in [-0.1, -0.05) is 12.1 Å². The third-order valence-electron chi connectivity index (χ3n) is 3.40. The highest BCUT2D eigenvalue weighted by molar-refractivity contribution is 5.76. The third-order valence-corrected chi connectivity index (χ3v) is 3.40. The summed E-state index contributed by atoms with van der Waals surface area (Å²) in [5.41, 5.74) is 1.06. The molecular formula is C15H22N2O3. The number of carbonyl (C=O) groups excluding carboxylic acids is 1. The first-order chi connectivity index (χ1) is 9.69. The second-order valence-electron chi connectivity index (χ2n) is 5.03. The number of nitrogens with one attached hydrogen (secondary N) is 1. The molecule has 110 valence electrons. The number of hydrogen-bond donors (Lipinski definition) is 1. The lowest BCUT2D eigenvalue weighted by atomic mass is 10.1. The number of ether oxygens (including phenoxy) is 2. The van der Waals surface area contributed by atoms with Crippen LogP contribution >= 0.6 is 0 Å². The van der Waals surface area contributed by atoms with E-state index in [1.807, 2.05) is 31.3 Å². The van der Waals surface area contributed by atoms with Gasteiger partial charge in [-0.15, -0.1) is 0 Å². The van der Waals surface area contributed by atoms with Crippen molar-refractivity contribution < 1.29 is 14.3 Å². The van der Waals surface area contributed by atoms with E-state index in [1.54, 1.807) is 12.0 Å². The minimum atomic E-state index is 0.121. The zero-order valence-corrected chi connectivity index (χ0v) is 12.1. The van der Waals surface area contributed by atoms with Gasteiger partial charge >= 0.3 is 0 Å². The number of benzene rings is 1. The number of morpholine rings is 1. The Balaban J connectivity index is 1.86. The molecule has 1 aliphatic heterocycles. The Hall–Kier alpha value is -1.59. The molecule has 5 heteroatoms. The van der Waals surface area contributed by atoms with Gasteiger partial charge in [-0.2, -0.15) is 0 Å². The van der Waals surface area contributed by atoms with Crippen LogP contribution in [0.15, 0.2) is 24.3 Å². The molecule has 1 aromatic carbocycles. The monoisotopic (exact) mass is 278 g/mol. The normalized spacial score (nSPS) is 18.6. The van der Waals surface area contributed by atoms with Crippen molar-refractivity contribution in [1.82, 2.24) is 10.2 Å². The predicted molar refractivity (Wildman–Crippen MR) is 76.7 cm³/mol. The molecule has 0 aromatic heterocycles. The lowest BCUT2D eigenvalue weighted by Gasteiger charge is -2.25. The van der Waals surface area contributed by atoms with E-state index >= 15 is 0 Å². The van der Waals surface area contributed by atoms with Gasteiger partial charge in [0.05, 0.1) is 20.3 Å².